The average Bonchev–Trinajstić information content (AvgIpc) is 2.99. The Bertz CT molecular complexity index is 1840. The normalized spacial score (nSPS) is 26.1. The number of rotatable bonds is 6. The van der Waals surface area contributed by atoms with Crippen molar-refractivity contribution in [1.29, 1.82) is 0 Å². The zero-order chi connectivity index (χ0) is 33.2. The second-order valence-electron chi connectivity index (χ2n) is 12.9. The molecule has 3 aromatic rings. The molecular weight excluding hydrogens is 639 g/mol. The number of nitro benzene ring substituents is 1. The zero-order valence-corrected chi connectivity index (χ0v) is 25.4. The molecule has 3 aromatic carbocycles. The fraction of sp³-hybridized carbons (Fsp3) is 0.324. The summed E-state index contributed by atoms with van der Waals surface area (Å²) in [5.74, 6) is -0.0609. The summed E-state index contributed by atoms with van der Waals surface area (Å²) in [5.41, 5.74) is -0.537. The molecule has 13 heteroatoms. The SMILES string of the molecule is O=C1NC(=O)N(c2ccc(C34CC5CC(CC(C5)C3)C4)cc2)C(=O)/C1=C/c1ccc(Oc2ccc(C(F)(F)F)cc2[N+](=O)[O-])c(Cl)c1. The number of anilines is 1. The second kappa shape index (κ2) is 11.2. The minimum Gasteiger partial charge on any atom is -0.449 e. The lowest BCUT2D eigenvalue weighted by Gasteiger charge is -2.57. The van der Waals surface area contributed by atoms with Crippen LogP contribution in [0.4, 0.5) is 29.3 Å². The van der Waals surface area contributed by atoms with Gasteiger partial charge in [0.25, 0.3) is 11.8 Å². The van der Waals surface area contributed by atoms with Gasteiger partial charge in [-0.1, -0.05) is 29.8 Å². The van der Waals surface area contributed by atoms with Crippen LogP contribution in [0.5, 0.6) is 11.5 Å². The van der Waals surface area contributed by atoms with Crippen molar-refractivity contribution in [2.45, 2.75) is 50.1 Å². The van der Waals surface area contributed by atoms with Gasteiger partial charge in [0.05, 0.1) is 21.2 Å². The quantitative estimate of drug-likeness (QED) is 0.123. The van der Waals surface area contributed by atoms with Crippen LogP contribution in [0.25, 0.3) is 6.08 Å². The molecule has 5 aliphatic rings. The van der Waals surface area contributed by atoms with Crippen molar-refractivity contribution in [2.75, 3.05) is 4.90 Å². The highest BCUT2D eigenvalue weighted by molar-refractivity contribution is 6.39. The lowest BCUT2D eigenvalue weighted by molar-refractivity contribution is -0.385. The van der Waals surface area contributed by atoms with Crippen LogP contribution in [0, 0.1) is 27.9 Å². The molecule has 1 aliphatic heterocycles. The first-order valence-electron chi connectivity index (χ1n) is 15.1. The van der Waals surface area contributed by atoms with Crippen LogP contribution in [0.2, 0.25) is 5.02 Å². The summed E-state index contributed by atoms with van der Waals surface area (Å²) in [4.78, 5) is 50.4. The molecule has 0 spiro atoms. The molecule has 8 rings (SSSR count). The van der Waals surface area contributed by atoms with Gasteiger partial charge in [-0.2, -0.15) is 13.2 Å². The monoisotopic (exact) mass is 665 g/mol. The first kappa shape index (κ1) is 30.9. The molecule has 0 atom stereocenters. The van der Waals surface area contributed by atoms with E-state index in [2.05, 4.69) is 5.32 Å². The van der Waals surface area contributed by atoms with Gasteiger partial charge < -0.3 is 4.74 Å². The maximum Gasteiger partial charge on any atom is 0.416 e. The number of halogens is 4. The van der Waals surface area contributed by atoms with Crippen molar-refractivity contribution in [1.82, 2.24) is 5.32 Å². The van der Waals surface area contributed by atoms with Gasteiger partial charge in [0, 0.05) is 6.07 Å². The fourth-order valence-electron chi connectivity index (χ4n) is 8.22. The number of hydrogen-bond acceptors (Lipinski definition) is 6. The minimum absolute atomic E-state index is 0.106. The van der Waals surface area contributed by atoms with Crippen LogP contribution in [0.1, 0.15) is 55.2 Å². The summed E-state index contributed by atoms with van der Waals surface area (Å²) in [6.45, 7) is 0. The third-order valence-corrected chi connectivity index (χ3v) is 10.1. The highest BCUT2D eigenvalue weighted by Gasteiger charge is 2.51. The Labute approximate surface area is 271 Å². The first-order chi connectivity index (χ1) is 22.3. The summed E-state index contributed by atoms with van der Waals surface area (Å²) >= 11 is 6.33. The summed E-state index contributed by atoms with van der Waals surface area (Å²) in [5, 5.41) is 13.5. The number of nitrogens with zero attached hydrogens (tertiary/aromatic N) is 2. The van der Waals surface area contributed by atoms with Gasteiger partial charge in [-0.15, -0.1) is 0 Å². The molecule has 1 saturated heterocycles. The van der Waals surface area contributed by atoms with Gasteiger partial charge in [0.2, 0.25) is 5.75 Å². The lowest BCUT2D eigenvalue weighted by atomic mass is 9.48. The van der Waals surface area contributed by atoms with E-state index in [1.807, 2.05) is 12.1 Å². The van der Waals surface area contributed by atoms with E-state index in [9.17, 15) is 37.7 Å². The second-order valence-corrected chi connectivity index (χ2v) is 13.3. The lowest BCUT2D eigenvalue weighted by Crippen LogP contribution is -2.54. The van der Waals surface area contributed by atoms with E-state index >= 15 is 0 Å². The molecule has 47 heavy (non-hydrogen) atoms. The van der Waals surface area contributed by atoms with Crippen molar-refractivity contribution in [3.8, 4) is 11.5 Å². The summed E-state index contributed by atoms with van der Waals surface area (Å²) in [6, 6.07) is 12.4. The smallest absolute Gasteiger partial charge is 0.416 e. The number of barbiturate groups is 1. The number of alkyl halides is 3. The van der Waals surface area contributed by atoms with Gasteiger partial charge in [-0.05, 0) is 115 Å². The molecule has 1 heterocycles. The van der Waals surface area contributed by atoms with E-state index < -0.39 is 45.9 Å². The standard InChI is InChI=1S/C34H27ClF3N3O6/c35-26-13-18(1-7-28(26)47-29-8-4-23(34(36,37)38)14-27(29)41(45)46)12-25-30(42)39-32(44)40(31(25)43)24-5-2-22(3-6-24)33-15-19-9-20(16-33)11-21(10-19)17-33/h1-8,12-14,19-21H,9-11,15-17H2,(H,39,42,44)/b25-12+. The Morgan fingerprint density at radius 1 is 0.915 bits per heavy atom. The average molecular weight is 666 g/mol. The number of hydrogen-bond donors (Lipinski definition) is 1. The van der Waals surface area contributed by atoms with Gasteiger partial charge in [0.15, 0.2) is 0 Å². The maximum atomic E-state index is 13.5. The molecule has 5 fully saturated rings. The first-order valence-corrected chi connectivity index (χ1v) is 15.5. The molecule has 0 unspecified atom stereocenters. The topological polar surface area (TPSA) is 119 Å². The van der Waals surface area contributed by atoms with E-state index in [1.54, 1.807) is 12.1 Å². The van der Waals surface area contributed by atoms with Crippen molar-refractivity contribution in [2.24, 2.45) is 17.8 Å². The van der Waals surface area contributed by atoms with Crippen LogP contribution >= 0.6 is 11.6 Å². The summed E-state index contributed by atoms with van der Waals surface area (Å²) < 4.78 is 44.7. The number of ether oxygens (including phenoxy) is 1. The largest absolute Gasteiger partial charge is 0.449 e. The van der Waals surface area contributed by atoms with E-state index in [-0.39, 0.29) is 27.3 Å². The highest BCUT2D eigenvalue weighted by atomic mass is 35.5. The molecule has 4 amide bonds. The Hall–Kier alpha value is -4.71. The van der Waals surface area contributed by atoms with Crippen LogP contribution in [0.3, 0.4) is 0 Å². The number of carbonyl (C=O) groups excluding carboxylic acids is 3. The Morgan fingerprint density at radius 2 is 1.53 bits per heavy atom. The third-order valence-electron chi connectivity index (χ3n) is 9.85. The van der Waals surface area contributed by atoms with Crippen molar-refractivity contribution in [3.05, 3.63) is 98.1 Å². The summed E-state index contributed by atoms with van der Waals surface area (Å²) in [7, 11) is 0. The number of nitro groups is 1. The Kier molecular flexibility index (Phi) is 7.38. The molecule has 4 bridgehead atoms. The third kappa shape index (κ3) is 5.64. The van der Waals surface area contributed by atoms with Crippen LogP contribution in [0.15, 0.2) is 66.2 Å². The van der Waals surface area contributed by atoms with Gasteiger partial charge in [0.1, 0.15) is 11.3 Å². The molecular formula is C34H27ClF3N3O6. The van der Waals surface area contributed by atoms with Gasteiger partial charge in [-0.25, -0.2) is 9.69 Å². The number of urea groups is 1. The van der Waals surface area contributed by atoms with E-state index in [0.717, 1.165) is 48.0 Å². The van der Waals surface area contributed by atoms with E-state index in [4.69, 9.17) is 16.3 Å². The van der Waals surface area contributed by atoms with Crippen LogP contribution < -0.4 is 15.0 Å². The minimum atomic E-state index is -4.79. The number of benzene rings is 3. The van der Waals surface area contributed by atoms with Gasteiger partial charge in [-0.3, -0.25) is 25.0 Å². The Morgan fingerprint density at radius 3 is 2.11 bits per heavy atom. The number of amides is 4. The highest BCUT2D eigenvalue weighted by Crippen LogP contribution is 2.60. The predicted octanol–water partition coefficient (Wildman–Crippen LogP) is 8.19. The Balaban J connectivity index is 1.12. The molecule has 1 N–H and O–H groups in total. The van der Waals surface area contributed by atoms with Crippen molar-refractivity contribution < 1.29 is 37.2 Å². The van der Waals surface area contributed by atoms with Crippen LogP contribution in [-0.2, 0) is 21.2 Å². The van der Waals surface area contributed by atoms with Crippen molar-refractivity contribution >= 4 is 46.9 Å². The van der Waals surface area contributed by atoms with Crippen molar-refractivity contribution in [3.63, 3.8) is 0 Å². The molecule has 4 aliphatic carbocycles. The molecule has 9 nitrogen and oxygen atoms in total. The van der Waals surface area contributed by atoms with E-state index in [1.165, 1.54) is 49.1 Å². The number of carbonyl (C=O) groups is 3. The van der Waals surface area contributed by atoms with E-state index in [0.29, 0.717) is 17.8 Å². The predicted molar refractivity (Wildman–Crippen MR) is 165 cm³/mol. The zero-order valence-electron chi connectivity index (χ0n) is 24.7. The van der Waals surface area contributed by atoms with Crippen LogP contribution in [-0.4, -0.2) is 22.8 Å². The van der Waals surface area contributed by atoms with Gasteiger partial charge >= 0.3 is 17.9 Å². The summed E-state index contributed by atoms with van der Waals surface area (Å²) in [6.07, 6.45) is 3.86. The molecule has 0 radical (unpaired) electrons. The maximum absolute atomic E-state index is 13.5. The number of imide groups is 2. The molecule has 242 valence electrons. The number of nitrogens with one attached hydrogen (secondary N) is 1. The molecule has 4 saturated carbocycles. The fourth-order valence-corrected chi connectivity index (χ4v) is 8.45. The molecule has 0 aromatic heterocycles.